The molecule has 2 aromatic carbocycles. The molecular formula is C24H27NO4. The minimum atomic E-state index is -0.608. The molecule has 0 aliphatic heterocycles. The number of rotatable bonds is 4. The fourth-order valence-corrected chi connectivity index (χ4v) is 4.37. The summed E-state index contributed by atoms with van der Waals surface area (Å²) in [4.78, 5) is 24.9. The van der Waals surface area contributed by atoms with Crippen molar-refractivity contribution in [3.05, 3.63) is 47.7 Å². The fraction of sp³-hybridized carbons (Fsp3) is 0.417. The van der Waals surface area contributed by atoms with Crippen LogP contribution in [0, 0.1) is 18.8 Å². The number of esters is 1. The highest BCUT2D eigenvalue weighted by atomic mass is 16.5. The maximum absolute atomic E-state index is 12.6. The van der Waals surface area contributed by atoms with Crippen LogP contribution >= 0.6 is 0 Å². The van der Waals surface area contributed by atoms with Crippen molar-refractivity contribution in [1.29, 1.82) is 0 Å². The third-order valence-corrected chi connectivity index (χ3v) is 6.40. The zero-order chi connectivity index (χ0) is 20.5. The van der Waals surface area contributed by atoms with Crippen molar-refractivity contribution in [2.45, 2.75) is 46.1 Å². The lowest BCUT2D eigenvalue weighted by molar-refractivity contribution is -0.125. The lowest BCUT2D eigenvalue weighted by Crippen LogP contribution is -2.45. The number of hydrogen-bond acceptors (Lipinski definition) is 4. The number of furan rings is 1. The number of aryl methyl sites for hydroxylation is 1. The van der Waals surface area contributed by atoms with E-state index in [1.807, 2.05) is 43.3 Å². The molecule has 0 radical (unpaired) electrons. The summed E-state index contributed by atoms with van der Waals surface area (Å²) < 4.78 is 11.2. The number of hydrogen-bond donors (Lipinski definition) is 1. The number of carbonyl (C=O) groups excluding carboxylic acids is 2. The van der Waals surface area contributed by atoms with E-state index in [-0.39, 0.29) is 24.3 Å². The Labute approximate surface area is 170 Å². The van der Waals surface area contributed by atoms with Crippen LogP contribution in [0.15, 0.2) is 40.8 Å². The summed E-state index contributed by atoms with van der Waals surface area (Å²) in [5, 5.41) is 5.90. The quantitative estimate of drug-likeness (QED) is 0.634. The van der Waals surface area contributed by atoms with Gasteiger partial charge in [-0.05, 0) is 30.6 Å². The number of amides is 1. The largest absolute Gasteiger partial charge is 0.450 e. The lowest BCUT2D eigenvalue weighted by atomic mass is 9.78. The fourth-order valence-electron chi connectivity index (χ4n) is 4.37. The molecule has 4 rings (SSSR count). The number of benzene rings is 2. The van der Waals surface area contributed by atoms with Crippen LogP contribution in [0.1, 0.15) is 49.2 Å². The third kappa shape index (κ3) is 3.74. The Kier molecular flexibility index (Phi) is 5.31. The van der Waals surface area contributed by atoms with Crippen molar-refractivity contribution in [3.8, 4) is 0 Å². The SMILES string of the molecule is Cc1c(C(=O)OCC(=O)N[C@@H]2CCC[C@H](C)[C@H]2C)oc2c1ccc1ccccc12. The summed E-state index contributed by atoms with van der Waals surface area (Å²) in [6.07, 6.45) is 3.28. The molecule has 0 unspecified atom stereocenters. The molecule has 1 aliphatic rings. The van der Waals surface area contributed by atoms with Crippen LogP contribution in [-0.2, 0) is 9.53 Å². The normalized spacial score (nSPS) is 22.0. The van der Waals surface area contributed by atoms with Gasteiger partial charge in [0.15, 0.2) is 6.61 Å². The Balaban J connectivity index is 1.46. The number of ether oxygens (including phenoxy) is 1. The second-order valence-electron chi connectivity index (χ2n) is 8.24. The van der Waals surface area contributed by atoms with Crippen LogP contribution in [0.3, 0.4) is 0 Å². The summed E-state index contributed by atoms with van der Waals surface area (Å²) in [5.74, 6) is 0.300. The molecule has 0 bridgehead atoms. The summed E-state index contributed by atoms with van der Waals surface area (Å²) in [5.41, 5.74) is 1.40. The van der Waals surface area contributed by atoms with E-state index in [1.165, 1.54) is 6.42 Å². The van der Waals surface area contributed by atoms with Gasteiger partial charge in [-0.2, -0.15) is 0 Å². The second-order valence-corrected chi connectivity index (χ2v) is 8.24. The summed E-state index contributed by atoms with van der Waals surface area (Å²) >= 11 is 0. The van der Waals surface area contributed by atoms with Crippen molar-refractivity contribution in [2.75, 3.05) is 6.61 Å². The van der Waals surface area contributed by atoms with Crippen LogP contribution in [0.5, 0.6) is 0 Å². The third-order valence-electron chi connectivity index (χ3n) is 6.40. The van der Waals surface area contributed by atoms with Gasteiger partial charge in [0, 0.05) is 22.4 Å². The second kappa shape index (κ2) is 7.90. The molecule has 5 nitrogen and oxygen atoms in total. The highest BCUT2D eigenvalue weighted by Crippen LogP contribution is 2.32. The van der Waals surface area contributed by atoms with Gasteiger partial charge in [-0.25, -0.2) is 4.79 Å². The molecule has 0 spiro atoms. The van der Waals surface area contributed by atoms with Gasteiger partial charge >= 0.3 is 5.97 Å². The van der Waals surface area contributed by atoms with Crippen molar-refractivity contribution in [3.63, 3.8) is 0 Å². The number of nitrogens with one attached hydrogen (secondary N) is 1. The molecule has 3 atom stereocenters. The Morgan fingerprint density at radius 2 is 1.90 bits per heavy atom. The van der Waals surface area contributed by atoms with E-state index >= 15 is 0 Å². The lowest BCUT2D eigenvalue weighted by Gasteiger charge is -2.34. The standard InChI is InChI=1S/C24H27NO4/c1-14-7-6-10-20(15(14)2)25-21(26)13-28-24(27)22-16(3)18-12-11-17-8-4-5-9-19(17)23(18)29-22/h4-5,8-9,11-12,14-15,20H,6-7,10,13H2,1-3H3,(H,25,26)/t14-,15+,20+/m0/s1. The van der Waals surface area contributed by atoms with Gasteiger partial charge < -0.3 is 14.5 Å². The molecule has 1 aromatic heterocycles. The van der Waals surface area contributed by atoms with Crippen LogP contribution in [0.25, 0.3) is 21.7 Å². The van der Waals surface area contributed by atoms with Crippen molar-refractivity contribution < 1.29 is 18.7 Å². The Hall–Kier alpha value is -2.82. The predicted molar refractivity (Wildman–Crippen MR) is 113 cm³/mol. The van der Waals surface area contributed by atoms with Gasteiger partial charge in [-0.15, -0.1) is 0 Å². The molecule has 1 amide bonds. The van der Waals surface area contributed by atoms with E-state index in [1.54, 1.807) is 0 Å². The molecule has 1 fully saturated rings. The van der Waals surface area contributed by atoms with Gasteiger partial charge in [0.2, 0.25) is 5.76 Å². The summed E-state index contributed by atoms with van der Waals surface area (Å²) in [6, 6.07) is 12.0. The molecule has 1 N–H and O–H groups in total. The Morgan fingerprint density at radius 3 is 2.72 bits per heavy atom. The Bertz CT molecular complexity index is 1070. The van der Waals surface area contributed by atoms with Crippen molar-refractivity contribution in [1.82, 2.24) is 5.32 Å². The van der Waals surface area contributed by atoms with Gasteiger partial charge in [0.25, 0.3) is 5.91 Å². The van der Waals surface area contributed by atoms with Crippen molar-refractivity contribution >= 4 is 33.6 Å². The van der Waals surface area contributed by atoms with Crippen LogP contribution in [-0.4, -0.2) is 24.5 Å². The molecule has 1 aliphatic carbocycles. The smallest absolute Gasteiger partial charge is 0.375 e. The van der Waals surface area contributed by atoms with E-state index in [4.69, 9.17) is 9.15 Å². The zero-order valence-electron chi connectivity index (χ0n) is 17.2. The average molecular weight is 393 g/mol. The first-order valence-corrected chi connectivity index (χ1v) is 10.3. The molecule has 1 saturated carbocycles. The molecule has 5 heteroatoms. The van der Waals surface area contributed by atoms with E-state index in [0.29, 0.717) is 17.4 Å². The summed E-state index contributed by atoms with van der Waals surface area (Å²) in [6.45, 7) is 5.93. The molecule has 0 saturated heterocycles. The maximum atomic E-state index is 12.6. The number of fused-ring (bicyclic) bond motifs is 3. The van der Waals surface area contributed by atoms with E-state index < -0.39 is 5.97 Å². The monoisotopic (exact) mass is 393 g/mol. The number of carbonyl (C=O) groups is 2. The average Bonchev–Trinajstić information content (AvgIpc) is 3.07. The van der Waals surface area contributed by atoms with Gasteiger partial charge in [-0.3, -0.25) is 4.79 Å². The maximum Gasteiger partial charge on any atom is 0.375 e. The van der Waals surface area contributed by atoms with Gasteiger partial charge in [0.1, 0.15) is 5.58 Å². The minimum absolute atomic E-state index is 0.143. The Morgan fingerprint density at radius 1 is 1.10 bits per heavy atom. The van der Waals surface area contributed by atoms with Gasteiger partial charge in [-0.1, -0.05) is 63.1 Å². The summed E-state index contributed by atoms with van der Waals surface area (Å²) in [7, 11) is 0. The zero-order valence-corrected chi connectivity index (χ0v) is 17.2. The molecule has 152 valence electrons. The first-order chi connectivity index (χ1) is 14.0. The topological polar surface area (TPSA) is 68.5 Å². The molecule has 29 heavy (non-hydrogen) atoms. The van der Waals surface area contributed by atoms with Crippen molar-refractivity contribution in [2.24, 2.45) is 11.8 Å². The van der Waals surface area contributed by atoms with E-state index in [2.05, 4.69) is 19.2 Å². The first-order valence-electron chi connectivity index (χ1n) is 10.3. The minimum Gasteiger partial charge on any atom is -0.450 e. The van der Waals surface area contributed by atoms with E-state index in [9.17, 15) is 9.59 Å². The molecule has 1 heterocycles. The highest BCUT2D eigenvalue weighted by Gasteiger charge is 2.28. The highest BCUT2D eigenvalue weighted by molar-refractivity contribution is 6.08. The van der Waals surface area contributed by atoms with Crippen LogP contribution in [0.2, 0.25) is 0 Å². The van der Waals surface area contributed by atoms with Crippen LogP contribution < -0.4 is 5.32 Å². The molecule has 3 aromatic rings. The predicted octanol–water partition coefficient (Wildman–Crippen LogP) is 4.99. The van der Waals surface area contributed by atoms with E-state index in [0.717, 1.165) is 34.6 Å². The first kappa shape index (κ1) is 19.5. The van der Waals surface area contributed by atoms with Gasteiger partial charge in [0.05, 0.1) is 0 Å². The van der Waals surface area contributed by atoms with Crippen LogP contribution in [0.4, 0.5) is 0 Å². The molecular weight excluding hydrogens is 366 g/mol.